The highest BCUT2D eigenvalue weighted by molar-refractivity contribution is 9.10. The van der Waals surface area contributed by atoms with Crippen molar-refractivity contribution in [1.29, 1.82) is 0 Å². The third-order valence-corrected chi connectivity index (χ3v) is 7.58. The van der Waals surface area contributed by atoms with E-state index >= 15 is 0 Å². The number of amides is 2. The van der Waals surface area contributed by atoms with Crippen molar-refractivity contribution in [1.82, 2.24) is 10.2 Å². The predicted molar refractivity (Wildman–Crippen MR) is 145 cm³/mol. The molecule has 1 atom stereocenters. The lowest BCUT2D eigenvalue weighted by molar-refractivity contribution is -0.142. The van der Waals surface area contributed by atoms with Gasteiger partial charge in [0.2, 0.25) is 5.91 Å². The lowest BCUT2D eigenvalue weighted by Gasteiger charge is -2.30. The van der Waals surface area contributed by atoms with Gasteiger partial charge in [0.05, 0.1) is 4.47 Å². The molecule has 0 bridgehead atoms. The largest absolute Gasteiger partial charge is 0.483 e. The van der Waals surface area contributed by atoms with Crippen molar-refractivity contribution in [3.63, 3.8) is 0 Å². The quantitative estimate of drug-likeness (QED) is 0.367. The van der Waals surface area contributed by atoms with Gasteiger partial charge in [-0.15, -0.1) is 0 Å². The third kappa shape index (κ3) is 7.61. The molecule has 35 heavy (non-hydrogen) atoms. The van der Waals surface area contributed by atoms with Crippen molar-refractivity contribution >= 4 is 50.9 Å². The number of hydrogen-bond acceptors (Lipinski definition) is 3. The van der Waals surface area contributed by atoms with E-state index in [2.05, 4.69) is 42.0 Å². The van der Waals surface area contributed by atoms with Gasteiger partial charge in [-0.25, -0.2) is 0 Å². The molecule has 8 heteroatoms. The maximum atomic E-state index is 13.4. The van der Waals surface area contributed by atoms with Gasteiger partial charge in [0.25, 0.3) is 5.91 Å². The maximum Gasteiger partial charge on any atom is 0.261 e. The first-order valence-corrected chi connectivity index (χ1v) is 13.5. The average Bonchev–Trinajstić information content (AvgIpc) is 3.29. The first kappa shape index (κ1) is 27.8. The number of carbonyl (C=O) groups is 2. The molecule has 1 N–H and O–H groups in total. The first-order valence-electron chi connectivity index (χ1n) is 11.9. The van der Waals surface area contributed by atoms with Gasteiger partial charge < -0.3 is 15.0 Å². The molecule has 1 saturated carbocycles. The van der Waals surface area contributed by atoms with Crippen molar-refractivity contribution in [2.24, 2.45) is 0 Å². The molecule has 0 radical (unpaired) electrons. The van der Waals surface area contributed by atoms with Crippen LogP contribution < -0.4 is 10.1 Å². The van der Waals surface area contributed by atoms with Gasteiger partial charge >= 0.3 is 0 Å². The summed E-state index contributed by atoms with van der Waals surface area (Å²) >= 11 is 16.0. The van der Waals surface area contributed by atoms with Crippen LogP contribution in [-0.2, 0) is 21.5 Å². The second-order valence-electron chi connectivity index (χ2n) is 10.1. The zero-order valence-corrected chi connectivity index (χ0v) is 23.8. The summed E-state index contributed by atoms with van der Waals surface area (Å²) in [6, 6.07) is 10.5. The summed E-state index contributed by atoms with van der Waals surface area (Å²) in [5.74, 6) is 0.0850. The van der Waals surface area contributed by atoms with E-state index in [0.717, 1.165) is 35.7 Å². The summed E-state index contributed by atoms with van der Waals surface area (Å²) < 4.78 is 6.65. The number of benzene rings is 2. The Balaban J connectivity index is 1.76. The molecule has 0 spiro atoms. The van der Waals surface area contributed by atoms with Crippen LogP contribution in [0.1, 0.15) is 64.5 Å². The second-order valence-corrected chi connectivity index (χ2v) is 11.8. The normalized spacial score (nSPS) is 15.1. The van der Waals surface area contributed by atoms with E-state index in [1.807, 2.05) is 18.2 Å². The number of nitrogens with zero attached hydrogens (tertiary/aromatic N) is 1. The van der Waals surface area contributed by atoms with Crippen LogP contribution in [0.25, 0.3) is 0 Å². The molecular formula is C27H33BrCl2N2O3. The maximum absolute atomic E-state index is 13.4. The molecule has 0 heterocycles. The SMILES string of the molecule is CC(C(=O)NC1CCCC1)N(Cc1ccc(Cl)cc1Cl)C(=O)COc1ccc(C(C)(C)C)cc1Br. The highest BCUT2D eigenvalue weighted by Crippen LogP contribution is 2.32. The minimum absolute atomic E-state index is 0.00632. The molecular weight excluding hydrogens is 551 g/mol. The fourth-order valence-corrected chi connectivity index (χ4v) is 5.08. The Hall–Kier alpha value is -1.76. The zero-order chi connectivity index (χ0) is 25.8. The van der Waals surface area contributed by atoms with E-state index < -0.39 is 6.04 Å². The number of ether oxygens (including phenoxy) is 1. The predicted octanol–water partition coefficient (Wildman–Crippen LogP) is 6.91. The van der Waals surface area contributed by atoms with E-state index in [1.165, 1.54) is 4.90 Å². The second kappa shape index (κ2) is 12.0. The van der Waals surface area contributed by atoms with Crippen LogP contribution in [0.2, 0.25) is 10.0 Å². The van der Waals surface area contributed by atoms with Crippen LogP contribution in [0.15, 0.2) is 40.9 Å². The van der Waals surface area contributed by atoms with Crippen LogP contribution in [0, 0.1) is 0 Å². The van der Waals surface area contributed by atoms with E-state index in [4.69, 9.17) is 27.9 Å². The van der Waals surface area contributed by atoms with Crippen LogP contribution in [-0.4, -0.2) is 35.4 Å². The Labute approximate surface area is 226 Å². The molecule has 1 aliphatic rings. The highest BCUT2D eigenvalue weighted by atomic mass is 79.9. The van der Waals surface area contributed by atoms with Crippen LogP contribution in [0.5, 0.6) is 5.75 Å². The Kier molecular flexibility index (Phi) is 9.53. The van der Waals surface area contributed by atoms with Crippen molar-refractivity contribution in [2.45, 2.75) is 77.4 Å². The Bertz CT molecular complexity index is 1060. The number of rotatable bonds is 8. The van der Waals surface area contributed by atoms with E-state index in [0.29, 0.717) is 21.4 Å². The Morgan fingerprint density at radius 2 is 1.83 bits per heavy atom. The lowest BCUT2D eigenvalue weighted by Crippen LogP contribution is -2.50. The summed E-state index contributed by atoms with van der Waals surface area (Å²) in [5.41, 5.74) is 1.85. The van der Waals surface area contributed by atoms with Gasteiger partial charge in [-0.1, -0.05) is 68.9 Å². The number of carbonyl (C=O) groups excluding carboxylic acids is 2. The van der Waals surface area contributed by atoms with Gasteiger partial charge in [-0.3, -0.25) is 9.59 Å². The molecule has 2 aromatic rings. The molecule has 5 nitrogen and oxygen atoms in total. The summed E-state index contributed by atoms with van der Waals surface area (Å²) in [6.07, 6.45) is 4.16. The molecule has 0 aromatic heterocycles. The standard InChI is InChI=1S/C27H33BrCl2N2O3/c1-17(26(34)31-21-7-5-6-8-21)32(15-18-9-11-20(29)14-23(18)30)25(33)16-35-24-12-10-19(13-22(24)28)27(2,3)4/h9-14,17,21H,5-8,15-16H2,1-4H3,(H,31,34). The molecule has 2 aromatic carbocycles. The minimum atomic E-state index is -0.690. The summed E-state index contributed by atoms with van der Waals surface area (Å²) in [4.78, 5) is 27.9. The Morgan fingerprint density at radius 1 is 1.14 bits per heavy atom. The van der Waals surface area contributed by atoms with Crippen molar-refractivity contribution < 1.29 is 14.3 Å². The van der Waals surface area contributed by atoms with Gasteiger partial charge in [0.15, 0.2) is 6.61 Å². The molecule has 1 fully saturated rings. The van der Waals surface area contributed by atoms with Crippen molar-refractivity contribution in [3.8, 4) is 5.75 Å². The van der Waals surface area contributed by atoms with Crippen LogP contribution in [0.3, 0.4) is 0 Å². The molecule has 1 unspecified atom stereocenters. The van der Waals surface area contributed by atoms with E-state index in [1.54, 1.807) is 25.1 Å². The molecule has 190 valence electrons. The fourth-order valence-electron chi connectivity index (χ4n) is 4.11. The monoisotopic (exact) mass is 582 g/mol. The van der Waals surface area contributed by atoms with Crippen molar-refractivity contribution in [3.05, 3.63) is 62.0 Å². The molecule has 3 rings (SSSR count). The molecule has 1 aliphatic carbocycles. The number of hydrogen-bond donors (Lipinski definition) is 1. The van der Waals surface area contributed by atoms with Gasteiger partial charge in [-0.2, -0.15) is 0 Å². The first-order chi connectivity index (χ1) is 16.5. The van der Waals surface area contributed by atoms with Crippen LogP contribution in [0.4, 0.5) is 0 Å². The molecule has 0 aliphatic heterocycles. The topological polar surface area (TPSA) is 58.6 Å². The zero-order valence-electron chi connectivity index (χ0n) is 20.7. The van der Waals surface area contributed by atoms with Crippen LogP contribution >= 0.6 is 39.1 Å². The molecule has 2 amide bonds. The summed E-state index contributed by atoms with van der Waals surface area (Å²) in [7, 11) is 0. The van der Waals surface area contributed by atoms with Crippen molar-refractivity contribution in [2.75, 3.05) is 6.61 Å². The van der Waals surface area contributed by atoms with E-state index in [9.17, 15) is 9.59 Å². The molecule has 0 saturated heterocycles. The third-order valence-electron chi connectivity index (χ3n) is 6.37. The van der Waals surface area contributed by atoms with Gasteiger partial charge in [0, 0.05) is 22.6 Å². The lowest BCUT2D eigenvalue weighted by atomic mass is 9.87. The van der Waals surface area contributed by atoms with E-state index in [-0.39, 0.29) is 36.4 Å². The number of halogens is 3. The van der Waals surface area contributed by atoms with Gasteiger partial charge in [0.1, 0.15) is 11.8 Å². The Morgan fingerprint density at radius 3 is 2.43 bits per heavy atom. The smallest absolute Gasteiger partial charge is 0.261 e. The highest BCUT2D eigenvalue weighted by Gasteiger charge is 2.29. The summed E-state index contributed by atoms with van der Waals surface area (Å²) in [5, 5.41) is 4.05. The number of nitrogens with one attached hydrogen (secondary N) is 1. The average molecular weight is 584 g/mol. The minimum Gasteiger partial charge on any atom is -0.483 e. The van der Waals surface area contributed by atoms with Gasteiger partial charge in [-0.05, 0) is 76.5 Å². The summed E-state index contributed by atoms with van der Waals surface area (Å²) in [6.45, 7) is 8.10. The fraction of sp³-hybridized carbons (Fsp3) is 0.481.